The molecule has 2 nitrogen and oxygen atoms in total. The zero-order chi connectivity index (χ0) is 8.10. The van der Waals surface area contributed by atoms with Crippen LogP contribution in [0.2, 0.25) is 0 Å². The fraction of sp³-hybridized carbons (Fsp3) is 0.556. The molecule has 11 heavy (non-hydrogen) atoms. The highest BCUT2D eigenvalue weighted by atomic mass is 16.2. The predicted octanol–water partition coefficient (Wildman–Crippen LogP) is 1.39. The van der Waals surface area contributed by atoms with Gasteiger partial charge in [0.15, 0.2) is 0 Å². The summed E-state index contributed by atoms with van der Waals surface area (Å²) < 4.78 is 0. The van der Waals surface area contributed by atoms with Gasteiger partial charge in [-0.15, -0.1) is 0 Å². The molecule has 1 aliphatic heterocycles. The number of amides is 1. The lowest BCUT2D eigenvalue weighted by Gasteiger charge is -2.17. The Kier molecular flexibility index (Phi) is 3.14. The van der Waals surface area contributed by atoms with Crippen molar-refractivity contribution in [1.29, 1.82) is 0 Å². The fourth-order valence-electron chi connectivity index (χ4n) is 1.26. The molecule has 0 aliphatic carbocycles. The molecule has 0 aromatic rings. The maximum absolute atomic E-state index is 11.1. The number of hydrogen-bond acceptors (Lipinski definition) is 1. The molecule has 0 aromatic heterocycles. The molecular formula is C9H14NO. The van der Waals surface area contributed by atoms with Gasteiger partial charge in [0.1, 0.15) is 0 Å². The van der Waals surface area contributed by atoms with Crippen LogP contribution in [0, 0.1) is 6.42 Å². The molecule has 0 unspecified atom stereocenters. The summed E-state index contributed by atoms with van der Waals surface area (Å²) in [4.78, 5) is 12.9. The molecule has 0 N–H and O–H groups in total. The molecule has 2 heteroatoms. The second-order valence-electron chi connectivity index (χ2n) is 2.77. The zero-order valence-electron chi connectivity index (χ0n) is 6.75. The van der Waals surface area contributed by atoms with E-state index in [4.69, 9.17) is 0 Å². The Bertz CT molecular complexity index is 146. The van der Waals surface area contributed by atoms with Crippen LogP contribution in [-0.2, 0) is 4.79 Å². The first-order chi connectivity index (χ1) is 5.34. The van der Waals surface area contributed by atoms with Crippen LogP contribution in [0.25, 0.3) is 0 Å². The van der Waals surface area contributed by atoms with Crippen molar-refractivity contribution in [3.8, 4) is 0 Å². The first-order valence-corrected chi connectivity index (χ1v) is 4.07. The number of rotatable bonds is 1. The van der Waals surface area contributed by atoms with Gasteiger partial charge in [-0.2, -0.15) is 0 Å². The summed E-state index contributed by atoms with van der Waals surface area (Å²) in [7, 11) is 0. The van der Waals surface area contributed by atoms with Crippen molar-refractivity contribution in [3.05, 3.63) is 19.1 Å². The number of likely N-dealkylation sites (tertiary alicyclic amines) is 1. The average molecular weight is 152 g/mol. The van der Waals surface area contributed by atoms with Gasteiger partial charge in [-0.05, 0) is 25.3 Å². The van der Waals surface area contributed by atoms with E-state index in [9.17, 15) is 4.79 Å². The first kappa shape index (κ1) is 8.31. The molecule has 0 saturated carbocycles. The topological polar surface area (TPSA) is 20.3 Å². The van der Waals surface area contributed by atoms with Crippen molar-refractivity contribution >= 4 is 5.91 Å². The molecule has 1 saturated heterocycles. The number of nitrogens with zero attached hydrogens (tertiary/aromatic N) is 1. The fourth-order valence-corrected chi connectivity index (χ4v) is 1.26. The van der Waals surface area contributed by atoms with Crippen molar-refractivity contribution in [2.75, 3.05) is 13.1 Å². The van der Waals surface area contributed by atoms with E-state index in [1.165, 1.54) is 12.5 Å². The van der Waals surface area contributed by atoms with E-state index in [0.29, 0.717) is 0 Å². The minimum absolute atomic E-state index is 0.0585. The lowest BCUT2D eigenvalue weighted by molar-refractivity contribution is -0.125. The standard InChI is InChI=1S/C9H14NO/c1-2-9(11)10-7-5-3-4-6-8-10/h2,5H,1,3-4,6-8H2. The lowest BCUT2D eigenvalue weighted by atomic mass is 10.2. The van der Waals surface area contributed by atoms with Crippen LogP contribution in [0.1, 0.15) is 19.3 Å². The average Bonchev–Trinajstić information content (AvgIpc) is 2.30. The molecule has 1 fully saturated rings. The van der Waals surface area contributed by atoms with Gasteiger partial charge in [-0.25, -0.2) is 0 Å². The van der Waals surface area contributed by atoms with Crippen LogP contribution >= 0.6 is 0 Å². The highest BCUT2D eigenvalue weighted by Gasteiger charge is 2.11. The molecule has 1 rings (SSSR count). The van der Waals surface area contributed by atoms with Crippen molar-refractivity contribution in [1.82, 2.24) is 4.90 Å². The highest BCUT2D eigenvalue weighted by molar-refractivity contribution is 5.87. The molecule has 0 spiro atoms. The summed E-state index contributed by atoms with van der Waals surface area (Å²) in [6.07, 6.45) is 7.02. The quantitative estimate of drug-likeness (QED) is 0.520. The predicted molar refractivity (Wildman–Crippen MR) is 44.9 cm³/mol. The van der Waals surface area contributed by atoms with E-state index in [1.807, 2.05) is 4.90 Å². The van der Waals surface area contributed by atoms with Gasteiger partial charge in [-0.1, -0.05) is 13.0 Å². The molecule has 0 bridgehead atoms. The van der Waals surface area contributed by atoms with E-state index in [0.717, 1.165) is 25.9 Å². The number of hydrogen-bond donors (Lipinski definition) is 0. The molecular weight excluding hydrogens is 138 g/mol. The summed E-state index contributed by atoms with van der Waals surface area (Å²) in [6, 6.07) is 0. The monoisotopic (exact) mass is 152 g/mol. The van der Waals surface area contributed by atoms with Gasteiger partial charge < -0.3 is 4.90 Å². The molecule has 1 radical (unpaired) electrons. The second-order valence-corrected chi connectivity index (χ2v) is 2.77. The smallest absolute Gasteiger partial charge is 0.245 e. The van der Waals surface area contributed by atoms with Crippen molar-refractivity contribution in [3.63, 3.8) is 0 Å². The summed E-state index contributed by atoms with van der Waals surface area (Å²) in [5.41, 5.74) is 0. The maximum atomic E-state index is 11.1. The first-order valence-electron chi connectivity index (χ1n) is 4.07. The molecule has 61 valence electrons. The number of carbonyl (C=O) groups is 1. The Balaban J connectivity index is 2.42. The van der Waals surface area contributed by atoms with Crippen molar-refractivity contribution < 1.29 is 4.79 Å². The molecule has 1 heterocycles. The molecule has 0 aromatic carbocycles. The van der Waals surface area contributed by atoms with Crippen molar-refractivity contribution in [2.45, 2.75) is 19.3 Å². The van der Waals surface area contributed by atoms with E-state index >= 15 is 0 Å². The lowest BCUT2D eigenvalue weighted by Crippen LogP contribution is -2.30. The second kappa shape index (κ2) is 4.16. The Labute approximate surface area is 67.9 Å². The molecule has 0 atom stereocenters. The number of carbonyl (C=O) groups excluding carboxylic acids is 1. The van der Waals surface area contributed by atoms with Crippen LogP contribution in [0.4, 0.5) is 0 Å². The highest BCUT2D eigenvalue weighted by Crippen LogP contribution is 2.08. The van der Waals surface area contributed by atoms with Crippen LogP contribution in [0.5, 0.6) is 0 Å². The summed E-state index contributed by atoms with van der Waals surface area (Å²) >= 11 is 0. The van der Waals surface area contributed by atoms with Crippen molar-refractivity contribution in [2.24, 2.45) is 0 Å². The summed E-state index contributed by atoms with van der Waals surface area (Å²) in [5, 5.41) is 0. The van der Waals surface area contributed by atoms with Gasteiger partial charge in [0.2, 0.25) is 5.91 Å². The third kappa shape index (κ3) is 2.37. The third-order valence-corrected chi connectivity index (χ3v) is 1.92. The molecule has 1 amide bonds. The van der Waals surface area contributed by atoms with Gasteiger partial charge in [-0.3, -0.25) is 4.79 Å². The van der Waals surface area contributed by atoms with Gasteiger partial charge in [0, 0.05) is 13.1 Å². The van der Waals surface area contributed by atoms with Gasteiger partial charge in [0.05, 0.1) is 0 Å². The van der Waals surface area contributed by atoms with E-state index in [1.54, 1.807) is 0 Å². The Hall–Kier alpha value is -0.790. The summed E-state index contributed by atoms with van der Waals surface area (Å²) in [6.45, 7) is 5.15. The zero-order valence-corrected chi connectivity index (χ0v) is 6.75. The largest absolute Gasteiger partial charge is 0.339 e. The Morgan fingerprint density at radius 3 is 3.09 bits per heavy atom. The van der Waals surface area contributed by atoms with E-state index < -0.39 is 0 Å². The van der Waals surface area contributed by atoms with Crippen LogP contribution < -0.4 is 0 Å². The van der Waals surface area contributed by atoms with Gasteiger partial charge in [0.25, 0.3) is 0 Å². The van der Waals surface area contributed by atoms with E-state index in [2.05, 4.69) is 13.0 Å². The minimum Gasteiger partial charge on any atom is -0.339 e. The third-order valence-electron chi connectivity index (χ3n) is 1.92. The Morgan fingerprint density at radius 2 is 2.36 bits per heavy atom. The Morgan fingerprint density at radius 1 is 1.55 bits per heavy atom. The van der Waals surface area contributed by atoms with Crippen LogP contribution in [0.15, 0.2) is 12.7 Å². The van der Waals surface area contributed by atoms with Gasteiger partial charge >= 0.3 is 0 Å². The maximum Gasteiger partial charge on any atom is 0.245 e. The SMILES string of the molecule is C=CC(=O)N1C[CH]CCCC1. The molecule has 1 aliphatic rings. The normalized spacial score (nSPS) is 19.1. The van der Waals surface area contributed by atoms with Crippen LogP contribution in [-0.4, -0.2) is 23.9 Å². The minimum atomic E-state index is 0.0585. The van der Waals surface area contributed by atoms with E-state index in [-0.39, 0.29) is 5.91 Å². The summed E-state index contributed by atoms with van der Waals surface area (Å²) in [5.74, 6) is 0.0585. The van der Waals surface area contributed by atoms with Crippen LogP contribution in [0.3, 0.4) is 0 Å².